The zero-order valence-corrected chi connectivity index (χ0v) is 12.5. The van der Waals surface area contributed by atoms with Crippen LogP contribution in [-0.2, 0) is 4.79 Å². The SMILES string of the molecule is CN(C(=O)C1(C)CCCCN1)C1CCCCC1.Cl. The molecule has 2 aliphatic rings. The van der Waals surface area contributed by atoms with E-state index >= 15 is 0 Å². The molecule has 1 aliphatic heterocycles. The Hall–Kier alpha value is -0.280. The topological polar surface area (TPSA) is 32.3 Å². The van der Waals surface area contributed by atoms with Gasteiger partial charge in [-0.05, 0) is 45.6 Å². The summed E-state index contributed by atoms with van der Waals surface area (Å²) in [6.07, 6.45) is 9.66. The van der Waals surface area contributed by atoms with Crippen molar-refractivity contribution in [1.29, 1.82) is 0 Å². The Balaban J connectivity index is 0.00000162. The van der Waals surface area contributed by atoms with Crippen LogP contribution in [0.3, 0.4) is 0 Å². The first kappa shape index (κ1) is 15.8. The van der Waals surface area contributed by atoms with Crippen molar-refractivity contribution < 1.29 is 4.79 Å². The molecule has 1 saturated heterocycles. The number of hydrogen-bond donors (Lipinski definition) is 1. The fraction of sp³-hybridized carbons (Fsp3) is 0.929. The van der Waals surface area contributed by atoms with Gasteiger partial charge in [0.05, 0.1) is 5.54 Å². The van der Waals surface area contributed by atoms with Gasteiger partial charge in [-0.15, -0.1) is 12.4 Å². The number of nitrogens with zero attached hydrogens (tertiary/aromatic N) is 1. The van der Waals surface area contributed by atoms with E-state index in [1.54, 1.807) is 0 Å². The summed E-state index contributed by atoms with van der Waals surface area (Å²) in [4.78, 5) is 14.6. The highest BCUT2D eigenvalue weighted by atomic mass is 35.5. The zero-order valence-electron chi connectivity index (χ0n) is 11.7. The van der Waals surface area contributed by atoms with E-state index in [4.69, 9.17) is 0 Å². The molecule has 0 spiro atoms. The maximum absolute atomic E-state index is 12.6. The van der Waals surface area contributed by atoms with Gasteiger partial charge in [0.1, 0.15) is 0 Å². The smallest absolute Gasteiger partial charge is 0.242 e. The molecule has 0 aromatic carbocycles. The van der Waals surface area contributed by atoms with Crippen LogP contribution in [-0.4, -0.2) is 36.0 Å². The molecule has 1 amide bonds. The second-order valence-electron chi connectivity index (χ2n) is 5.92. The highest BCUT2D eigenvalue weighted by Crippen LogP contribution is 2.26. The molecular weight excluding hydrogens is 248 g/mol. The largest absolute Gasteiger partial charge is 0.341 e. The van der Waals surface area contributed by atoms with Crippen molar-refractivity contribution in [3.8, 4) is 0 Å². The van der Waals surface area contributed by atoms with Crippen LogP contribution in [0, 0.1) is 0 Å². The Kier molecular flexibility index (Phi) is 5.93. The number of likely N-dealkylation sites (N-methyl/N-ethyl adjacent to an activating group) is 1. The fourth-order valence-corrected chi connectivity index (χ4v) is 3.26. The summed E-state index contributed by atoms with van der Waals surface area (Å²) in [6.45, 7) is 3.06. The van der Waals surface area contributed by atoms with Gasteiger partial charge in [0.2, 0.25) is 5.91 Å². The van der Waals surface area contributed by atoms with Gasteiger partial charge in [0.25, 0.3) is 0 Å². The first-order valence-electron chi connectivity index (χ1n) is 7.16. The van der Waals surface area contributed by atoms with E-state index in [1.165, 1.54) is 44.9 Å². The minimum Gasteiger partial charge on any atom is -0.341 e. The zero-order chi connectivity index (χ0) is 12.3. The van der Waals surface area contributed by atoms with Crippen LogP contribution in [0.15, 0.2) is 0 Å². The molecule has 1 unspecified atom stereocenters. The van der Waals surface area contributed by atoms with Gasteiger partial charge in [0, 0.05) is 13.1 Å². The quantitative estimate of drug-likeness (QED) is 0.840. The van der Waals surface area contributed by atoms with Crippen molar-refractivity contribution in [3.05, 3.63) is 0 Å². The third-order valence-electron chi connectivity index (χ3n) is 4.53. The summed E-state index contributed by atoms with van der Waals surface area (Å²) in [5.74, 6) is 0.309. The molecule has 106 valence electrons. The second kappa shape index (κ2) is 6.76. The fourth-order valence-electron chi connectivity index (χ4n) is 3.26. The van der Waals surface area contributed by atoms with E-state index in [-0.39, 0.29) is 17.9 Å². The Bertz CT molecular complexity index is 271. The summed E-state index contributed by atoms with van der Waals surface area (Å²) in [5.41, 5.74) is -0.301. The minimum atomic E-state index is -0.301. The van der Waals surface area contributed by atoms with E-state index in [9.17, 15) is 4.79 Å². The molecule has 4 heteroatoms. The van der Waals surface area contributed by atoms with E-state index in [0.717, 1.165) is 13.0 Å². The molecule has 0 aromatic rings. The van der Waals surface area contributed by atoms with Crippen LogP contribution in [0.2, 0.25) is 0 Å². The number of halogens is 1. The van der Waals surface area contributed by atoms with Crippen molar-refractivity contribution in [2.45, 2.75) is 69.9 Å². The lowest BCUT2D eigenvalue weighted by Crippen LogP contribution is -2.59. The number of carbonyl (C=O) groups is 1. The number of amides is 1. The average molecular weight is 275 g/mol. The summed E-state index contributed by atoms with van der Waals surface area (Å²) < 4.78 is 0. The van der Waals surface area contributed by atoms with E-state index in [2.05, 4.69) is 12.2 Å². The van der Waals surface area contributed by atoms with Crippen LogP contribution >= 0.6 is 12.4 Å². The van der Waals surface area contributed by atoms with Crippen LogP contribution < -0.4 is 5.32 Å². The predicted octanol–water partition coefficient (Wildman–Crippen LogP) is 2.73. The Labute approximate surface area is 117 Å². The summed E-state index contributed by atoms with van der Waals surface area (Å²) in [5, 5.41) is 3.42. The third-order valence-corrected chi connectivity index (χ3v) is 4.53. The van der Waals surface area contributed by atoms with E-state index in [1.807, 2.05) is 11.9 Å². The van der Waals surface area contributed by atoms with Gasteiger partial charge >= 0.3 is 0 Å². The lowest BCUT2D eigenvalue weighted by atomic mass is 9.87. The van der Waals surface area contributed by atoms with Crippen LogP contribution in [0.5, 0.6) is 0 Å². The molecule has 0 bridgehead atoms. The first-order chi connectivity index (χ1) is 8.13. The van der Waals surface area contributed by atoms with E-state index < -0.39 is 0 Å². The Morgan fingerprint density at radius 1 is 1.17 bits per heavy atom. The van der Waals surface area contributed by atoms with Gasteiger partial charge in [-0.3, -0.25) is 4.79 Å². The van der Waals surface area contributed by atoms with Crippen molar-refractivity contribution in [2.75, 3.05) is 13.6 Å². The molecular formula is C14H27ClN2O. The molecule has 0 radical (unpaired) electrons. The van der Waals surface area contributed by atoms with Crippen LogP contribution in [0.1, 0.15) is 58.3 Å². The molecule has 1 atom stereocenters. The highest BCUT2D eigenvalue weighted by Gasteiger charge is 2.38. The molecule has 1 aliphatic carbocycles. The molecule has 1 N–H and O–H groups in total. The number of hydrogen-bond acceptors (Lipinski definition) is 2. The van der Waals surface area contributed by atoms with Gasteiger partial charge < -0.3 is 10.2 Å². The molecule has 2 fully saturated rings. The summed E-state index contributed by atoms with van der Waals surface area (Å²) >= 11 is 0. The molecule has 1 heterocycles. The maximum atomic E-state index is 12.6. The highest BCUT2D eigenvalue weighted by molar-refractivity contribution is 5.86. The normalized spacial score (nSPS) is 29.4. The Morgan fingerprint density at radius 3 is 2.39 bits per heavy atom. The predicted molar refractivity (Wildman–Crippen MR) is 77.1 cm³/mol. The number of piperidine rings is 1. The van der Waals surface area contributed by atoms with Gasteiger partial charge in [-0.2, -0.15) is 0 Å². The van der Waals surface area contributed by atoms with Gasteiger partial charge in [0.15, 0.2) is 0 Å². The summed E-state index contributed by atoms with van der Waals surface area (Å²) in [7, 11) is 2.00. The van der Waals surface area contributed by atoms with Gasteiger partial charge in [-0.25, -0.2) is 0 Å². The van der Waals surface area contributed by atoms with Crippen LogP contribution in [0.4, 0.5) is 0 Å². The van der Waals surface area contributed by atoms with Crippen molar-refractivity contribution in [1.82, 2.24) is 10.2 Å². The number of carbonyl (C=O) groups excluding carboxylic acids is 1. The molecule has 0 aromatic heterocycles. The van der Waals surface area contributed by atoms with Gasteiger partial charge in [-0.1, -0.05) is 19.3 Å². The van der Waals surface area contributed by atoms with Crippen molar-refractivity contribution in [3.63, 3.8) is 0 Å². The average Bonchev–Trinajstić information content (AvgIpc) is 2.39. The van der Waals surface area contributed by atoms with E-state index in [0.29, 0.717) is 11.9 Å². The molecule has 3 nitrogen and oxygen atoms in total. The lowest BCUT2D eigenvalue weighted by molar-refractivity contribution is -0.140. The molecule has 2 rings (SSSR count). The minimum absolute atomic E-state index is 0. The maximum Gasteiger partial charge on any atom is 0.242 e. The number of rotatable bonds is 2. The summed E-state index contributed by atoms with van der Waals surface area (Å²) in [6, 6.07) is 0.483. The second-order valence-corrected chi connectivity index (χ2v) is 5.92. The van der Waals surface area contributed by atoms with Crippen LogP contribution in [0.25, 0.3) is 0 Å². The standard InChI is InChI=1S/C14H26N2O.ClH/c1-14(10-6-7-11-15-14)13(17)16(2)12-8-4-3-5-9-12;/h12,15H,3-11H2,1-2H3;1H. The van der Waals surface area contributed by atoms with Crippen molar-refractivity contribution >= 4 is 18.3 Å². The molecule has 18 heavy (non-hydrogen) atoms. The third kappa shape index (κ3) is 3.39. The monoisotopic (exact) mass is 274 g/mol. The first-order valence-corrected chi connectivity index (χ1v) is 7.16. The lowest BCUT2D eigenvalue weighted by Gasteiger charge is -2.40. The molecule has 1 saturated carbocycles. The Morgan fingerprint density at radius 2 is 1.83 bits per heavy atom. The van der Waals surface area contributed by atoms with Crippen molar-refractivity contribution in [2.24, 2.45) is 0 Å². The number of nitrogens with one attached hydrogen (secondary N) is 1.